The van der Waals surface area contributed by atoms with E-state index in [1.807, 2.05) is 13.8 Å². The first-order valence-electron chi connectivity index (χ1n) is 6.80. The quantitative estimate of drug-likeness (QED) is 0.846. The van der Waals surface area contributed by atoms with E-state index in [4.69, 9.17) is 5.11 Å². The number of carboxylic acids is 1. The van der Waals surface area contributed by atoms with E-state index >= 15 is 0 Å². The maximum atomic E-state index is 12.3. The molecule has 2 amide bonds. The van der Waals surface area contributed by atoms with Crippen LogP contribution in [-0.4, -0.2) is 39.1 Å². The summed E-state index contributed by atoms with van der Waals surface area (Å²) in [7, 11) is 0. The second-order valence-electron chi connectivity index (χ2n) is 5.00. The lowest BCUT2D eigenvalue weighted by molar-refractivity contribution is -0.140. The number of rotatable bonds is 5. The highest BCUT2D eigenvalue weighted by molar-refractivity contribution is 8.00. The van der Waals surface area contributed by atoms with Crippen LogP contribution in [0, 0.1) is 0 Å². The van der Waals surface area contributed by atoms with Gasteiger partial charge in [-0.15, -0.1) is 11.8 Å². The number of likely N-dealkylation sites (tertiary alicyclic amines) is 1. The average Bonchev–Trinajstić information content (AvgIpc) is 2.73. The van der Waals surface area contributed by atoms with Gasteiger partial charge in [0.2, 0.25) is 11.8 Å². The predicted octanol–water partition coefficient (Wildman–Crippen LogP) is 2.40. The lowest BCUT2D eigenvalue weighted by atomic mass is 10.2. The fraction of sp³-hybridized carbons (Fsp3) is 0.400. The SMILES string of the molecule is CCC(C)N1C(=O)CC(Sc2cccc(C(=O)O)c2)C1=O. The minimum Gasteiger partial charge on any atom is -0.478 e. The van der Waals surface area contributed by atoms with Gasteiger partial charge in [-0.3, -0.25) is 14.5 Å². The van der Waals surface area contributed by atoms with Gasteiger partial charge in [-0.1, -0.05) is 13.0 Å². The molecule has 1 N–H and O–H groups in total. The fourth-order valence-corrected chi connectivity index (χ4v) is 3.35. The molecule has 0 aliphatic carbocycles. The van der Waals surface area contributed by atoms with Crippen molar-refractivity contribution in [2.24, 2.45) is 0 Å². The molecule has 1 aliphatic rings. The summed E-state index contributed by atoms with van der Waals surface area (Å²) in [6.07, 6.45) is 0.897. The van der Waals surface area contributed by atoms with Crippen LogP contribution < -0.4 is 0 Å². The largest absolute Gasteiger partial charge is 0.478 e. The highest BCUT2D eigenvalue weighted by atomic mass is 32.2. The third kappa shape index (κ3) is 3.26. The molecule has 1 aromatic carbocycles. The van der Waals surface area contributed by atoms with Crippen molar-refractivity contribution in [3.05, 3.63) is 29.8 Å². The van der Waals surface area contributed by atoms with E-state index in [-0.39, 0.29) is 29.8 Å². The van der Waals surface area contributed by atoms with Gasteiger partial charge in [0.1, 0.15) is 0 Å². The first kappa shape index (κ1) is 15.6. The highest BCUT2D eigenvalue weighted by Gasteiger charge is 2.41. The molecule has 2 unspecified atom stereocenters. The number of nitrogens with zero attached hydrogens (tertiary/aromatic N) is 1. The van der Waals surface area contributed by atoms with Crippen LogP contribution >= 0.6 is 11.8 Å². The molecule has 5 nitrogen and oxygen atoms in total. The van der Waals surface area contributed by atoms with E-state index < -0.39 is 11.2 Å². The standard InChI is InChI=1S/C15H17NO4S/c1-3-9(2)16-13(17)8-12(14(16)18)21-11-6-4-5-10(7-11)15(19)20/h4-7,9,12H,3,8H2,1-2H3,(H,19,20). The highest BCUT2D eigenvalue weighted by Crippen LogP contribution is 2.33. The van der Waals surface area contributed by atoms with Crippen LogP contribution in [0.4, 0.5) is 0 Å². The summed E-state index contributed by atoms with van der Waals surface area (Å²) in [5.74, 6) is -1.34. The zero-order valence-corrected chi connectivity index (χ0v) is 12.7. The van der Waals surface area contributed by atoms with Crippen LogP contribution in [0.5, 0.6) is 0 Å². The van der Waals surface area contributed by atoms with E-state index in [1.165, 1.54) is 28.8 Å². The van der Waals surface area contributed by atoms with Gasteiger partial charge in [-0.05, 0) is 31.5 Å². The fourth-order valence-electron chi connectivity index (χ4n) is 2.23. The molecule has 2 atom stereocenters. The topological polar surface area (TPSA) is 74.7 Å². The second-order valence-corrected chi connectivity index (χ2v) is 6.28. The van der Waals surface area contributed by atoms with Crippen molar-refractivity contribution in [2.45, 2.75) is 42.9 Å². The summed E-state index contributed by atoms with van der Waals surface area (Å²) in [5, 5.41) is 8.51. The van der Waals surface area contributed by atoms with Crippen LogP contribution in [0.15, 0.2) is 29.2 Å². The summed E-state index contributed by atoms with van der Waals surface area (Å²) in [6.45, 7) is 3.79. The number of hydrogen-bond donors (Lipinski definition) is 1. The molecule has 1 fully saturated rings. The van der Waals surface area contributed by atoms with E-state index in [2.05, 4.69) is 0 Å². The van der Waals surface area contributed by atoms with Crippen molar-refractivity contribution in [2.75, 3.05) is 0 Å². The molecule has 1 aliphatic heterocycles. The molecule has 0 saturated carbocycles. The maximum Gasteiger partial charge on any atom is 0.335 e. The molecular formula is C15H17NO4S. The van der Waals surface area contributed by atoms with E-state index in [9.17, 15) is 14.4 Å². The molecule has 1 aromatic rings. The molecule has 0 bridgehead atoms. The molecule has 0 radical (unpaired) electrons. The van der Waals surface area contributed by atoms with Gasteiger partial charge < -0.3 is 5.11 Å². The number of hydrogen-bond acceptors (Lipinski definition) is 4. The molecule has 0 spiro atoms. The Balaban J connectivity index is 2.14. The Morgan fingerprint density at radius 2 is 2.19 bits per heavy atom. The Morgan fingerprint density at radius 1 is 1.48 bits per heavy atom. The Labute approximate surface area is 127 Å². The van der Waals surface area contributed by atoms with E-state index in [0.29, 0.717) is 4.90 Å². The Hall–Kier alpha value is -1.82. The Bertz CT molecular complexity index is 587. The summed E-state index contributed by atoms with van der Waals surface area (Å²) in [4.78, 5) is 37.2. The van der Waals surface area contributed by atoms with Crippen LogP contribution in [0.2, 0.25) is 0 Å². The van der Waals surface area contributed by atoms with Gasteiger partial charge in [0.15, 0.2) is 0 Å². The number of carbonyl (C=O) groups is 3. The van der Waals surface area contributed by atoms with Crippen molar-refractivity contribution in [1.82, 2.24) is 4.90 Å². The Morgan fingerprint density at radius 3 is 2.81 bits per heavy atom. The summed E-state index contributed by atoms with van der Waals surface area (Å²) in [6, 6.07) is 6.32. The van der Waals surface area contributed by atoms with Crippen LogP contribution in [0.1, 0.15) is 37.0 Å². The average molecular weight is 307 g/mol. The van der Waals surface area contributed by atoms with Gasteiger partial charge in [-0.25, -0.2) is 4.79 Å². The third-order valence-electron chi connectivity index (χ3n) is 3.53. The van der Waals surface area contributed by atoms with Crippen LogP contribution in [-0.2, 0) is 9.59 Å². The molecule has 1 saturated heterocycles. The summed E-state index contributed by atoms with van der Waals surface area (Å²) >= 11 is 1.25. The molecular weight excluding hydrogens is 290 g/mol. The molecule has 6 heteroatoms. The van der Waals surface area contributed by atoms with Crippen LogP contribution in [0.3, 0.4) is 0 Å². The maximum absolute atomic E-state index is 12.3. The van der Waals surface area contributed by atoms with Crippen molar-refractivity contribution >= 4 is 29.5 Å². The van der Waals surface area contributed by atoms with Gasteiger partial charge in [0.25, 0.3) is 0 Å². The molecule has 0 aromatic heterocycles. The van der Waals surface area contributed by atoms with E-state index in [0.717, 1.165) is 6.42 Å². The summed E-state index contributed by atoms with van der Waals surface area (Å²) in [5.41, 5.74) is 0.176. The third-order valence-corrected chi connectivity index (χ3v) is 4.71. The smallest absolute Gasteiger partial charge is 0.335 e. The minimum atomic E-state index is -1.01. The molecule has 112 valence electrons. The van der Waals surface area contributed by atoms with Crippen molar-refractivity contribution in [3.63, 3.8) is 0 Å². The van der Waals surface area contributed by atoms with Gasteiger partial charge in [0, 0.05) is 17.4 Å². The zero-order chi connectivity index (χ0) is 15.6. The molecule has 2 rings (SSSR count). The number of aromatic carboxylic acids is 1. The lowest BCUT2D eigenvalue weighted by Crippen LogP contribution is -2.38. The number of imide groups is 1. The first-order chi connectivity index (χ1) is 9.93. The van der Waals surface area contributed by atoms with E-state index in [1.54, 1.807) is 12.1 Å². The lowest BCUT2D eigenvalue weighted by Gasteiger charge is -2.21. The number of carbonyl (C=O) groups excluding carboxylic acids is 2. The Kier molecular flexibility index (Phi) is 4.67. The van der Waals surface area contributed by atoms with Gasteiger partial charge >= 0.3 is 5.97 Å². The minimum absolute atomic E-state index is 0.0963. The number of thioether (sulfide) groups is 1. The second kappa shape index (κ2) is 6.30. The van der Waals surface area contributed by atoms with Crippen LogP contribution in [0.25, 0.3) is 0 Å². The van der Waals surface area contributed by atoms with Crippen molar-refractivity contribution < 1.29 is 19.5 Å². The predicted molar refractivity (Wildman–Crippen MR) is 79.3 cm³/mol. The summed E-state index contributed by atoms with van der Waals surface area (Å²) < 4.78 is 0. The monoisotopic (exact) mass is 307 g/mol. The number of carboxylic acid groups (broad SMARTS) is 1. The van der Waals surface area contributed by atoms with Crippen molar-refractivity contribution in [1.29, 1.82) is 0 Å². The van der Waals surface area contributed by atoms with Crippen molar-refractivity contribution in [3.8, 4) is 0 Å². The normalized spacial score (nSPS) is 19.9. The number of amides is 2. The first-order valence-corrected chi connectivity index (χ1v) is 7.68. The zero-order valence-electron chi connectivity index (χ0n) is 11.9. The van der Waals surface area contributed by atoms with Gasteiger partial charge in [0.05, 0.1) is 10.8 Å². The van der Waals surface area contributed by atoms with Gasteiger partial charge in [-0.2, -0.15) is 0 Å². The number of benzene rings is 1. The molecule has 1 heterocycles. The molecule has 21 heavy (non-hydrogen) atoms.